The third kappa shape index (κ3) is 3.05. The van der Waals surface area contributed by atoms with Crippen molar-refractivity contribution in [2.45, 2.75) is 45.1 Å². The van der Waals surface area contributed by atoms with Gasteiger partial charge in [-0.15, -0.1) is 0 Å². The molecule has 1 fully saturated rings. The zero-order valence-corrected chi connectivity index (χ0v) is 11.3. The third-order valence-corrected chi connectivity index (χ3v) is 3.96. The summed E-state index contributed by atoms with van der Waals surface area (Å²) in [6.45, 7) is 1.91. The van der Waals surface area contributed by atoms with E-state index in [4.69, 9.17) is 16.7 Å². The highest BCUT2D eigenvalue weighted by Gasteiger charge is 2.35. The topological polar surface area (TPSA) is 55.1 Å². The van der Waals surface area contributed by atoms with Crippen molar-refractivity contribution < 1.29 is 18.7 Å². The predicted molar refractivity (Wildman–Crippen MR) is 65.8 cm³/mol. The molecule has 1 saturated carbocycles. The van der Waals surface area contributed by atoms with Gasteiger partial charge < -0.3 is 5.11 Å². The molecular weight excluding hydrogens is 278 g/mol. The minimum Gasteiger partial charge on any atom is -0.477 e. The van der Waals surface area contributed by atoms with Gasteiger partial charge in [-0.3, -0.25) is 4.68 Å². The molecule has 0 aromatic carbocycles. The summed E-state index contributed by atoms with van der Waals surface area (Å²) in [6, 6.07) is 0. The monoisotopic (exact) mass is 292 g/mol. The fraction of sp³-hybridized carbons (Fsp3) is 0.667. The Hall–Kier alpha value is -1.17. The highest BCUT2D eigenvalue weighted by Crippen LogP contribution is 2.37. The molecule has 2 rings (SSSR count). The van der Waals surface area contributed by atoms with Crippen LogP contribution in [0, 0.1) is 12.8 Å². The fourth-order valence-corrected chi connectivity index (χ4v) is 2.63. The van der Waals surface area contributed by atoms with E-state index in [0.717, 1.165) is 0 Å². The van der Waals surface area contributed by atoms with Crippen LogP contribution in [0.15, 0.2) is 0 Å². The Bertz CT molecular complexity index is 492. The summed E-state index contributed by atoms with van der Waals surface area (Å²) in [4.78, 5) is 11.2. The van der Waals surface area contributed by atoms with Crippen LogP contribution in [-0.2, 0) is 6.54 Å². The molecule has 0 aliphatic heterocycles. The van der Waals surface area contributed by atoms with Gasteiger partial charge in [0.25, 0.3) is 0 Å². The zero-order valence-electron chi connectivity index (χ0n) is 10.5. The molecule has 0 radical (unpaired) electrons. The fourth-order valence-electron chi connectivity index (χ4n) is 2.45. The number of alkyl halides is 2. The second kappa shape index (κ2) is 5.07. The summed E-state index contributed by atoms with van der Waals surface area (Å²) in [5.41, 5.74) is 0.456. The number of nitrogens with zero attached hydrogens (tertiary/aromatic N) is 2. The first-order chi connectivity index (χ1) is 8.80. The zero-order chi connectivity index (χ0) is 14.2. The molecule has 0 amide bonds. The predicted octanol–water partition coefficient (Wildman–Crippen LogP) is 3.37. The molecule has 0 bridgehead atoms. The summed E-state index contributed by atoms with van der Waals surface area (Å²) in [7, 11) is 0. The first-order valence-corrected chi connectivity index (χ1v) is 6.52. The Kier molecular flexibility index (Phi) is 3.80. The van der Waals surface area contributed by atoms with Crippen molar-refractivity contribution in [3.8, 4) is 0 Å². The molecule has 1 aromatic heterocycles. The maximum absolute atomic E-state index is 13.1. The number of carboxylic acid groups (broad SMARTS) is 1. The van der Waals surface area contributed by atoms with Gasteiger partial charge in [0.15, 0.2) is 10.8 Å². The first-order valence-electron chi connectivity index (χ1n) is 6.14. The summed E-state index contributed by atoms with van der Waals surface area (Å²) in [5.74, 6) is -3.66. The van der Waals surface area contributed by atoms with Crippen LogP contribution in [0.3, 0.4) is 0 Å². The molecule has 106 valence electrons. The van der Waals surface area contributed by atoms with E-state index in [2.05, 4.69) is 5.10 Å². The molecule has 0 saturated heterocycles. The average Bonchev–Trinajstić information content (AvgIpc) is 2.58. The molecule has 1 aromatic rings. The molecular formula is C12H15ClF2N2O2. The summed E-state index contributed by atoms with van der Waals surface area (Å²) < 4.78 is 27.4. The van der Waals surface area contributed by atoms with E-state index >= 15 is 0 Å². The van der Waals surface area contributed by atoms with Gasteiger partial charge in [-0.05, 0) is 25.7 Å². The van der Waals surface area contributed by atoms with Crippen molar-refractivity contribution >= 4 is 17.6 Å². The molecule has 0 atom stereocenters. The van der Waals surface area contributed by atoms with E-state index in [0.29, 0.717) is 24.9 Å². The minimum absolute atomic E-state index is 0.0214. The van der Waals surface area contributed by atoms with E-state index in [1.165, 1.54) is 4.68 Å². The Morgan fingerprint density at radius 1 is 1.53 bits per heavy atom. The van der Waals surface area contributed by atoms with E-state index in [-0.39, 0.29) is 29.6 Å². The van der Waals surface area contributed by atoms with Crippen molar-refractivity contribution in [3.05, 3.63) is 16.4 Å². The van der Waals surface area contributed by atoms with Gasteiger partial charge in [0.1, 0.15) is 0 Å². The molecule has 19 heavy (non-hydrogen) atoms. The second-order valence-electron chi connectivity index (χ2n) is 5.05. The lowest BCUT2D eigenvalue weighted by Gasteiger charge is -2.28. The smallest absolute Gasteiger partial charge is 0.354 e. The van der Waals surface area contributed by atoms with Gasteiger partial charge in [0.05, 0.1) is 0 Å². The van der Waals surface area contributed by atoms with E-state index in [9.17, 15) is 13.6 Å². The van der Waals surface area contributed by atoms with Gasteiger partial charge in [-0.2, -0.15) is 5.10 Å². The van der Waals surface area contributed by atoms with Crippen LogP contribution >= 0.6 is 11.6 Å². The summed E-state index contributed by atoms with van der Waals surface area (Å²) in [6.07, 6.45) is 0.466. The lowest BCUT2D eigenvalue weighted by molar-refractivity contribution is -0.0477. The lowest BCUT2D eigenvalue weighted by atomic mass is 9.87. The Balaban J connectivity index is 2.12. The van der Waals surface area contributed by atoms with Gasteiger partial charge in [0.2, 0.25) is 5.92 Å². The number of rotatable bonds is 3. The van der Waals surface area contributed by atoms with Crippen LogP contribution in [0.1, 0.15) is 41.7 Å². The molecule has 1 N–H and O–H groups in total. The molecule has 0 spiro atoms. The molecule has 0 unspecified atom stereocenters. The normalized spacial score (nSPS) is 19.6. The van der Waals surface area contributed by atoms with Crippen LogP contribution in [0.4, 0.5) is 8.78 Å². The molecule has 1 heterocycles. The van der Waals surface area contributed by atoms with Crippen molar-refractivity contribution in [1.82, 2.24) is 9.78 Å². The van der Waals surface area contributed by atoms with Gasteiger partial charge in [-0.25, -0.2) is 13.6 Å². The number of halogens is 3. The van der Waals surface area contributed by atoms with Crippen LogP contribution in [0.2, 0.25) is 5.15 Å². The van der Waals surface area contributed by atoms with Gasteiger partial charge in [-0.1, -0.05) is 11.6 Å². The highest BCUT2D eigenvalue weighted by molar-refractivity contribution is 6.30. The lowest BCUT2D eigenvalue weighted by Crippen LogP contribution is -2.27. The van der Waals surface area contributed by atoms with Crippen LogP contribution in [0.25, 0.3) is 0 Å². The maximum Gasteiger partial charge on any atom is 0.354 e. The SMILES string of the molecule is Cc1c(Cl)nn(CC2CCC(F)(F)CC2)c1C(=O)O. The van der Waals surface area contributed by atoms with Crippen molar-refractivity contribution in [1.29, 1.82) is 0 Å². The standard InChI is InChI=1S/C12H15ClF2N2O2/c1-7-9(11(18)19)17(16-10(7)13)6-8-2-4-12(14,15)5-3-8/h8H,2-6H2,1H3,(H,18,19). The average molecular weight is 293 g/mol. The summed E-state index contributed by atoms with van der Waals surface area (Å²) in [5, 5.41) is 13.3. The number of aromatic nitrogens is 2. The number of carbonyl (C=O) groups is 1. The van der Waals surface area contributed by atoms with Crippen molar-refractivity contribution in [2.75, 3.05) is 0 Å². The van der Waals surface area contributed by atoms with Crippen molar-refractivity contribution in [3.63, 3.8) is 0 Å². The van der Waals surface area contributed by atoms with Gasteiger partial charge in [0, 0.05) is 24.9 Å². The Labute approximate surface area is 114 Å². The molecule has 1 aliphatic carbocycles. The van der Waals surface area contributed by atoms with Crippen molar-refractivity contribution in [2.24, 2.45) is 5.92 Å². The second-order valence-corrected chi connectivity index (χ2v) is 5.41. The largest absolute Gasteiger partial charge is 0.477 e. The van der Waals surface area contributed by atoms with E-state index < -0.39 is 11.9 Å². The molecule has 7 heteroatoms. The Morgan fingerprint density at radius 2 is 2.11 bits per heavy atom. The van der Waals surface area contributed by atoms with Gasteiger partial charge >= 0.3 is 5.97 Å². The number of carboxylic acids is 1. The van der Waals surface area contributed by atoms with E-state index in [1.54, 1.807) is 6.92 Å². The molecule has 1 aliphatic rings. The number of hydrogen-bond acceptors (Lipinski definition) is 2. The number of hydrogen-bond donors (Lipinski definition) is 1. The number of aromatic carboxylic acids is 1. The minimum atomic E-state index is -2.58. The van der Waals surface area contributed by atoms with Crippen LogP contribution in [-0.4, -0.2) is 26.8 Å². The highest BCUT2D eigenvalue weighted by atomic mass is 35.5. The van der Waals surface area contributed by atoms with Crippen LogP contribution < -0.4 is 0 Å². The first kappa shape index (κ1) is 14.2. The van der Waals surface area contributed by atoms with Crippen LogP contribution in [0.5, 0.6) is 0 Å². The van der Waals surface area contributed by atoms with E-state index in [1.807, 2.05) is 0 Å². The summed E-state index contributed by atoms with van der Waals surface area (Å²) >= 11 is 5.83. The Morgan fingerprint density at radius 3 is 2.63 bits per heavy atom. The molecule has 4 nitrogen and oxygen atoms in total. The quantitative estimate of drug-likeness (QED) is 0.929. The third-order valence-electron chi connectivity index (χ3n) is 3.60. The maximum atomic E-state index is 13.1.